The first-order chi connectivity index (χ1) is 16.1. The molecule has 33 heavy (non-hydrogen) atoms. The van der Waals surface area contributed by atoms with Gasteiger partial charge in [-0.2, -0.15) is 14.6 Å². The highest BCUT2D eigenvalue weighted by molar-refractivity contribution is 5.77. The molecule has 0 spiro atoms. The molecule has 1 unspecified atom stereocenters. The van der Waals surface area contributed by atoms with Crippen LogP contribution in [-0.2, 0) is 6.42 Å². The average Bonchev–Trinajstić information content (AvgIpc) is 3.41. The number of hydrogen-bond acceptors (Lipinski definition) is 6. The van der Waals surface area contributed by atoms with Gasteiger partial charge in [0.2, 0.25) is 5.95 Å². The van der Waals surface area contributed by atoms with Gasteiger partial charge in [0.1, 0.15) is 5.82 Å². The molecule has 0 saturated carbocycles. The maximum absolute atomic E-state index is 13.9. The highest BCUT2D eigenvalue weighted by atomic mass is 19.1. The molecule has 7 nitrogen and oxygen atoms in total. The molecule has 8 heteroatoms. The summed E-state index contributed by atoms with van der Waals surface area (Å²) in [4.78, 5) is 17.8. The van der Waals surface area contributed by atoms with E-state index < -0.39 is 5.82 Å². The van der Waals surface area contributed by atoms with Crippen molar-refractivity contribution in [1.82, 2.24) is 29.5 Å². The molecule has 4 heterocycles. The SMILES string of the molecule is CC(C)c1cnn2c(NC3CCC4=C(C3)c3ccncc3C4)nc(-c3cncc(F)c3)nc12. The zero-order chi connectivity index (χ0) is 22.5. The molecule has 0 aliphatic heterocycles. The fourth-order valence-electron chi connectivity index (χ4n) is 4.94. The van der Waals surface area contributed by atoms with E-state index in [-0.39, 0.29) is 12.0 Å². The zero-order valence-electron chi connectivity index (χ0n) is 18.6. The summed E-state index contributed by atoms with van der Waals surface area (Å²) in [6.07, 6.45) is 12.5. The van der Waals surface area contributed by atoms with Crippen molar-refractivity contribution < 1.29 is 4.39 Å². The molecular formula is C25H24FN7. The van der Waals surface area contributed by atoms with Gasteiger partial charge in [-0.1, -0.05) is 19.4 Å². The fourth-order valence-corrected chi connectivity index (χ4v) is 4.94. The minimum absolute atomic E-state index is 0.214. The summed E-state index contributed by atoms with van der Waals surface area (Å²) in [7, 11) is 0. The van der Waals surface area contributed by atoms with Gasteiger partial charge in [-0.05, 0) is 60.4 Å². The van der Waals surface area contributed by atoms with Gasteiger partial charge in [0.15, 0.2) is 11.5 Å². The zero-order valence-corrected chi connectivity index (χ0v) is 18.6. The molecule has 4 aromatic rings. The van der Waals surface area contributed by atoms with Gasteiger partial charge in [-0.3, -0.25) is 9.97 Å². The number of pyridine rings is 2. The summed E-state index contributed by atoms with van der Waals surface area (Å²) in [6, 6.07) is 3.75. The van der Waals surface area contributed by atoms with Crippen molar-refractivity contribution in [3.05, 3.63) is 71.2 Å². The summed E-state index contributed by atoms with van der Waals surface area (Å²) in [6.45, 7) is 4.22. The predicted octanol–water partition coefficient (Wildman–Crippen LogP) is 4.82. The Morgan fingerprint density at radius 3 is 2.88 bits per heavy atom. The molecule has 0 radical (unpaired) electrons. The van der Waals surface area contributed by atoms with Crippen molar-refractivity contribution in [3.8, 4) is 11.4 Å². The lowest BCUT2D eigenvalue weighted by atomic mass is 9.88. The first kappa shape index (κ1) is 20.0. The number of allylic oxidation sites excluding steroid dienone is 1. The lowest BCUT2D eigenvalue weighted by molar-refractivity contribution is 0.621. The van der Waals surface area contributed by atoms with Crippen LogP contribution in [0, 0.1) is 5.82 Å². The quantitative estimate of drug-likeness (QED) is 0.489. The first-order valence-corrected chi connectivity index (χ1v) is 11.3. The van der Waals surface area contributed by atoms with Crippen molar-refractivity contribution in [2.75, 3.05) is 5.32 Å². The Morgan fingerprint density at radius 1 is 1.12 bits per heavy atom. The third-order valence-corrected chi connectivity index (χ3v) is 6.62. The minimum Gasteiger partial charge on any atom is -0.351 e. The third-order valence-electron chi connectivity index (χ3n) is 6.62. The second-order valence-corrected chi connectivity index (χ2v) is 9.13. The average molecular weight is 442 g/mol. The number of fused-ring (bicyclic) bond motifs is 3. The van der Waals surface area contributed by atoms with E-state index >= 15 is 0 Å². The molecule has 4 aromatic heterocycles. The number of anilines is 1. The van der Waals surface area contributed by atoms with E-state index in [0.29, 0.717) is 17.3 Å². The first-order valence-electron chi connectivity index (χ1n) is 11.3. The summed E-state index contributed by atoms with van der Waals surface area (Å²) < 4.78 is 15.6. The molecule has 2 aliphatic rings. The Morgan fingerprint density at radius 2 is 2.03 bits per heavy atom. The lowest BCUT2D eigenvalue weighted by Gasteiger charge is -2.26. The molecular weight excluding hydrogens is 417 g/mol. The second kappa shape index (κ2) is 7.72. The number of hydrogen-bond donors (Lipinski definition) is 1. The Bertz CT molecular complexity index is 1410. The van der Waals surface area contributed by atoms with Gasteiger partial charge < -0.3 is 5.32 Å². The summed E-state index contributed by atoms with van der Waals surface area (Å²) >= 11 is 0. The van der Waals surface area contributed by atoms with Gasteiger partial charge in [-0.25, -0.2) is 9.37 Å². The Kier molecular flexibility index (Phi) is 4.67. The molecule has 0 saturated heterocycles. The van der Waals surface area contributed by atoms with Crippen LogP contribution in [0.25, 0.3) is 22.6 Å². The smallest absolute Gasteiger partial charge is 0.228 e. The van der Waals surface area contributed by atoms with Crippen molar-refractivity contribution in [3.63, 3.8) is 0 Å². The maximum atomic E-state index is 13.9. The summed E-state index contributed by atoms with van der Waals surface area (Å²) in [5.74, 6) is 0.888. The van der Waals surface area contributed by atoms with Crippen LogP contribution in [0.2, 0.25) is 0 Å². The van der Waals surface area contributed by atoms with E-state index in [4.69, 9.17) is 9.97 Å². The van der Waals surface area contributed by atoms with E-state index in [0.717, 1.165) is 36.9 Å². The number of rotatable bonds is 4. The lowest BCUT2D eigenvalue weighted by Crippen LogP contribution is -2.25. The normalized spacial score (nSPS) is 17.5. The largest absolute Gasteiger partial charge is 0.351 e. The molecule has 6 rings (SSSR count). The van der Waals surface area contributed by atoms with Crippen molar-refractivity contribution >= 4 is 17.2 Å². The third kappa shape index (κ3) is 3.46. The second-order valence-electron chi connectivity index (χ2n) is 9.13. The molecule has 2 aliphatic carbocycles. The summed E-state index contributed by atoms with van der Waals surface area (Å²) in [5, 5.41) is 8.21. The van der Waals surface area contributed by atoms with Gasteiger partial charge in [0, 0.05) is 35.8 Å². The van der Waals surface area contributed by atoms with Gasteiger partial charge in [-0.15, -0.1) is 0 Å². The molecule has 1 atom stereocenters. The monoisotopic (exact) mass is 441 g/mol. The van der Waals surface area contributed by atoms with Gasteiger partial charge >= 0.3 is 0 Å². The highest BCUT2D eigenvalue weighted by Crippen LogP contribution is 2.41. The molecule has 0 amide bonds. The van der Waals surface area contributed by atoms with E-state index in [9.17, 15) is 4.39 Å². The molecule has 0 fully saturated rings. The van der Waals surface area contributed by atoms with Crippen molar-refractivity contribution in [2.24, 2.45) is 0 Å². The summed E-state index contributed by atoms with van der Waals surface area (Å²) in [5.41, 5.74) is 7.90. The van der Waals surface area contributed by atoms with Crippen molar-refractivity contribution in [2.45, 2.75) is 51.5 Å². The molecule has 0 bridgehead atoms. The number of nitrogens with zero attached hydrogens (tertiary/aromatic N) is 6. The van der Waals surface area contributed by atoms with Gasteiger partial charge in [0.25, 0.3) is 0 Å². The maximum Gasteiger partial charge on any atom is 0.228 e. The van der Waals surface area contributed by atoms with Crippen LogP contribution >= 0.6 is 0 Å². The number of aromatic nitrogens is 6. The van der Waals surface area contributed by atoms with E-state index in [1.807, 2.05) is 18.6 Å². The van der Waals surface area contributed by atoms with Crippen LogP contribution < -0.4 is 5.32 Å². The predicted molar refractivity (Wildman–Crippen MR) is 124 cm³/mol. The van der Waals surface area contributed by atoms with E-state index in [2.05, 4.69) is 40.3 Å². The molecule has 166 valence electrons. The van der Waals surface area contributed by atoms with E-state index in [1.54, 1.807) is 10.7 Å². The Balaban J connectivity index is 1.38. The van der Waals surface area contributed by atoms with Gasteiger partial charge in [0.05, 0.1) is 12.4 Å². The standard InChI is InChI=1S/C25H24FN7/c1-14(2)22-13-29-33-24(22)31-23(17-8-18(26)12-28-11-17)32-25(33)30-19-4-3-15-7-16-10-27-6-5-20(16)21(15)9-19/h5-6,8,10-14,19H,3-4,7,9H2,1-2H3,(H,30,31,32). The molecule has 0 aromatic carbocycles. The minimum atomic E-state index is -0.413. The Hall–Kier alpha value is -3.68. The van der Waals surface area contributed by atoms with Crippen LogP contribution in [0.3, 0.4) is 0 Å². The van der Waals surface area contributed by atoms with Crippen LogP contribution in [0.1, 0.15) is 55.7 Å². The van der Waals surface area contributed by atoms with Crippen LogP contribution in [0.15, 0.2) is 48.7 Å². The highest BCUT2D eigenvalue weighted by Gasteiger charge is 2.29. The van der Waals surface area contributed by atoms with Crippen molar-refractivity contribution in [1.29, 1.82) is 0 Å². The van der Waals surface area contributed by atoms with Crippen LogP contribution in [0.4, 0.5) is 10.3 Å². The van der Waals surface area contributed by atoms with Crippen LogP contribution in [-0.4, -0.2) is 35.6 Å². The number of nitrogens with one attached hydrogen (secondary N) is 1. The van der Waals surface area contributed by atoms with Crippen LogP contribution in [0.5, 0.6) is 0 Å². The molecule has 1 N–H and O–H groups in total. The topological polar surface area (TPSA) is 80.9 Å². The number of halogens is 1. The Labute approximate surface area is 190 Å². The van der Waals surface area contributed by atoms with E-state index in [1.165, 1.54) is 34.5 Å². The fraction of sp³-hybridized carbons (Fsp3) is 0.320.